The van der Waals surface area contributed by atoms with Crippen LogP contribution in [0, 0.1) is 0 Å². The number of thiocarbonyl (C=S) groups is 1. The highest BCUT2D eigenvalue weighted by molar-refractivity contribution is 8.26. The zero-order valence-corrected chi connectivity index (χ0v) is 12.4. The van der Waals surface area contributed by atoms with Gasteiger partial charge in [0.05, 0.1) is 10.5 Å². The van der Waals surface area contributed by atoms with Gasteiger partial charge in [0, 0.05) is 0 Å². The maximum absolute atomic E-state index is 12.9. The summed E-state index contributed by atoms with van der Waals surface area (Å²) in [5, 5.41) is 8.71. The molecule has 1 N–H and O–H groups in total. The van der Waals surface area contributed by atoms with Crippen molar-refractivity contribution in [1.29, 1.82) is 0 Å². The number of amides is 1. The summed E-state index contributed by atoms with van der Waals surface area (Å²) in [6.45, 7) is -0.622. The van der Waals surface area contributed by atoms with Crippen molar-refractivity contribution >= 4 is 46.3 Å². The maximum atomic E-state index is 12.9. The van der Waals surface area contributed by atoms with Gasteiger partial charge in [-0.1, -0.05) is 42.2 Å². The number of benzene rings is 1. The number of hydrogen-bond donors (Lipinski definition) is 1. The van der Waals surface area contributed by atoms with Crippen LogP contribution in [0.25, 0.3) is 6.08 Å². The van der Waals surface area contributed by atoms with Crippen LogP contribution in [0.1, 0.15) is 11.1 Å². The number of hydrogen-bond acceptors (Lipinski definition) is 4. The summed E-state index contributed by atoms with van der Waals surface area (Å²) >= 11 is 5.65. The molecular weight excluding hydrogens is 339 g/mol. The quantitative estimate of drug-likeness (QED) is 0.673. The molecule has 0 aliphatic carbocycles. The average molecular weight is 347 g/mol. The fourth-order valence-electron chi connectivity index (χ4n) is 1.79. The first-order valence-corrected chi connectivity index (χ1v) is 7.06. The summed E-state index contributed by atoms with van der Waals surface area (Å²) in [7, 11) is 0. The summed E-state index contributed by atoms with van der Waals surface area (Å²) in [5.74, 6) is -1.97. The zero-order valence-electron chi connectivity index (χ0n) is 10.8. The smallest absolute Gasteiger partial charge is 0.416 e. The third kappa shape index (κ3) is 3.47. The van der Waals surface area contributed by atoms with Crippen molar-refractivity contribution in [1.82, 2.24) is 4.90 Å². The SMILES string of the molecule is O=C(O)CN1C(=O)/C(=C\c2ccccc2C(F)(F)F)SC1=S. The van der Waals surface area contributed by atoms with Crippen LogP contribution in [0.5, 0.6) is 0 Å². The average Bonchev–Trinajstić information content (AvgIpc) is 2.65. The number of aliphatic carboxylic acids is 1. The zero-order chi connectivity index (χ0) is 16.5. The molecule has 1 aromatic carbocycles. The van der Waals surface area contributed by atoms with Crippen molar-refractivity contribution in [3.8, 4) is 0 Å². The first-order chi connectivity index (χ1) is 10.2. The fourth-order valence-corrected chi connectivity index (χ4v) is 3.04. The van der Waals surface area contributed by atoms with E-state index in [1.807, 2.05) is 0 Å². The minimum absolute atomic E-state index is 0.00291. The van der Waals surface area contributed by atoms with Crippen LogP contribution in [0.3, 0.4) is 0 Å². The van der Waals surface area contributed by atoms with Crippen LogP contribution in [0.15, 0.2) is 29.2 Å². The Balaban J connectivity index is 2.38. The Kier molecular flexibility index (Phi) is 4.57. The molecule has 22 heavy (non-hydrogen) atoms. The van der Waals surface area contributed by atoms with Gasteiger partial charge in [-0.15, -0.1) is 0 Å². The normalized spacial score (nSPS) is 17.4. The second-order valence-corrected chi connectivity index (χ2v) is 5.92. The van der Waals surface area contributed by atoms with Crippen molar-refractivity contribution in [2.75, 3.05) is 6.54 Å². The van der Waals surface area contributed by atoms with Crippen molar-refractivity contribution in [2.24, 2.45) is 0 Å². The molecule has 2 rings (SSSR count). The summed E-state index contributed by atoms with van der Waals surface area (Å²) in [4.78, 5) is 23.5. The van der Waals surface area contributed by atoms with Crippen LogP contribution >= 0.6 is 24.0 Å². The second kappa shape index (κ2) is 6.09. The minimum atomic E-state index is -4.55. The molecule has 9 heteroatoms. The topological polar surface area (TPSA) is 57.6 Å². The van der Waals surface area contributed by atoms with Crippen molar-refractivity contribution in [3.63, 3.8) is 0 Å². The van der Waals surface area contributed by atoms with Gasteiger partial charge in [-0.25, -0.2) is 0 Å². The van der Waals surface area contributed by atoms with Crippen LogP contribution in [0.4, 0.5) is 13.2 Å². The number of rotatable bonds is 3. The van der Waals surface area contributed by atoms with E-state index in [1.165, 1.54) is 18.2 Å². The Bertz CT molecular complexity index is 685. The lowest BCUT2D eigenvalue weighted by Gasteiger charge is -2.11. The number of carboxylic acid groups (broad SMARTS) is 1. The van der Waals surface area contributed by atoms with Crippen LogP contribution in [-0.4, -0.2) is 32.7 Å². The lowest BCUT2D eigenvalue weighted by molar-refractivity contribution is -0.140. The number of carboxylic acids is 1. The van der Waals surface area contributed by atoms with Gasteiger partial charge < -0.3 is 5.11 Å². The maximum Gasteiger partial charge on any atom is 0.416 e. The molecule has 4 nitrogen and oxygen atoms in total. The number of thioether (sulfide) groups is 1. The summed E-state index contributed by atoms with van der Waals surface area (Å²) in [6.07, 6.45) is -3.48. The van der Waals surface area contributed by atoms with Crippen LogP contribution < -0.4 is 0 Å². The highest BCUT2D eigenvalue weighted by Crippen LogP contribution is 2.36. The highest BCUT2D eigenvalue weighted by atomic mass is 32.2. The van der Waals surface area contributed by atoms with E-state index >= 15 is 0 Å². The standard InChI is InChI=1S/C13H8F3NO3S2/c14-13(15,16)8-4-2-1-3-7(8)5-9-11(20)17(6-10(18)19)12(21)22-9/h1-5H,6H2,(H,18,19)/b9-5+. The third-order valence-corrected chi connectivity index (χ3v) is 4.10. The Hall–Kier alpha value is -1.87. The number of carbonyl (C=O) groups excluding carboxylic acids is 1. The summed E-state index contributed by atoms with van der Waals surface area (Å²) in [5.41, 5.74) is -1.05. The molecule has 1 aromatic rings. The molecule has 1 heterocycles. The van der Waals surface area contributed by atoms with Gasteiger partial charge in [-0.05, 0) is 17.7 Å². The number of alkyl halides is 3. The van der Waals surface area contributed by atoms with E-state index in [2.05, 4.69) is 0 Å². The van der Waals surface area contributed by atoms with Crippen molar-refractivity contribution < 1.29 is 27.9 Å². The summed E-state index contributed by atoms with van der Waals surface area (Å²) in [6, 6.07) is 4.80. The molecule has 1 fully saturated rings. The van der Waals surface area contributed by atoms with Gasteiger partial charge in [0.1, 0.15) is 10.9 Å². The molecule has 1 saturated heterocycles. The molecule has 0 unspecified atom stereocenters. The van der Waals surface area contributed by atoms with E-state index in [-0.39, 0.29) is 14.8 Å². The molecule has 0 saturated carbocycles. The van der Waals surface area contributed by atoms with E-state index in [4.69, 9.17) is 17.3 Å². The van der Waals surface area contributed by atoms with Gasteiger partial charge in [0.25, 0.3) is 5.91 Å². The Morgan fingerprint density at radius 1 is 1.36 bits per heavy atom. The molecule has 0 radical (unpaired) electrons. The predicted octanol–water partition coefficient (Wildman–Crippen LogP) is 2.99. The van der Waals surface area contributed by atoms with Gasteiger partial charge in [-0.2, -0.15) is 13.2 Å². The van der Waals surface area contributed by atoms with Gasteiger partial charge in [0.15, 0.2) is 0 Å². The number of carbonyl (C=O) groups is 2. The van der Waals surface area contributed by atoms with Gasteiger partial charge in [0.2, 0.25) is 0 Å². The summed E-state index contributed by atoms with van der Waals surface area (Å²) < 4.78 is 38.7. The first-order valence-electron chi connectivity index (χ1n) is 5.83. The van der Waals surface area contributed by atoms with Crippen LogP contribution in [0.2, 0.25) is 0 Å². The fraction of sp³-hybridized carbons (Fsp3) is 0.154. The second-order valence-electron chi connectivity index (χ2n) is 4.25. The monoisotopic (exact) mass is 347 g/mol. The molecule has 116 valence electrons. The highest BCUT2D eigenvalue weighted by Gasteiger charge is 2.36. The Morgan fingerprint density at radius 2 is 2.00 bits per heavy atom. The van der Waals surface area contributed by atoms with E-state index < -0.39 is 30.2 Å². The number of halogens is 3. The predicted molar refractivity (Wildman–Crippen MR) is 79.0 cm³/mol. The molecule has 1 aliphatic heterocycles. The largest absolute Gasteiger partial charge is 0.480 e. The Morgan fingerprint density at radius 3 is 2.59 bits per heavy atom. The van der Waals surface area contributed by atoms with E-state index in [0.717, 1.165) is 28.8 Å². The molecule has 1 aliphatic rings. The Labute approximate surface area is 132 Å². The molecule has 1 amide bonds. The van der Waals surface area contributed by atoms with Crippen molar-refractivity contribution in [2.45, 2.75) is 6.18 Å². The van der Waals surface area contributed by atoms with Gasteiger partial charge >= 0.3 is 12.1 Å². The lowest BCUT2D eigenvalue weighted by atomic mass is 10.1. The van der Waals surface area contributed by atoms with E-state index in [9.17, 15) is 22.8 Å². The first kappa shape index (κ1) is 16.5. The van der Waals surface area contributed by atoms with Gasteiger partial charge in [-0.3, -0.25) is 14.5 Å². The molecule has 0 atom stereocenters. The molecule has 0 spiro atoms. The third-order valence-electron chi connectivity index (χ3n) is 2.72. The minimum Gasteiger partial charge on any atom is -0.480 e. The number of nitrogens with zero attached hydrogens (tertiary/aromatic N) is 1. The van der Waals surface area contributed by atoms with E-state index in [1.54, 1.807) is 0 Å². The molecular formula is C13H8F3NO3S2. The molecule has 0 bridgehead atoms. The van der Waals surface area contributed by atoms with E-state index in [0.29, 0.717) is 0 Å². The van der Waals surface area contributed by atoms with Crippen molar-refractivity contribution in [3.05, 3.63) is 40.3 Å². The lowest BCUT2D eigenvalue weighted by Crippen LogP contribution is -2.33. The molecule has 0 aromatic heterocycles. The van der Waals surface area contributed by atoms with Crippen LogP contribution in [-0.2, 0) is 15.8 Å².